The van der Waals surface area contributed by atoms with Crippen LogP contribution in [0.5, 0.6) is 5.75 Å². The van der Waals surface area contributed by atoms with Gasteiger partial charge in [0.1, 0.15) is 10.4 Å². The Kier molecular flexibility index (Phi) is 3.55. The Morgan fingerprint density at radius 3 is 2.94 bits per heavy atom. The van der Waals surface area contributed by atoms with Crippen molar-refractivity contribution in [2.24, 2.45) is 0 Å². The highest BCUT2D eigenvalue weighted by Gasteiger charge is 2.12. The molecule has 5 nitrogen and oxygen atoms in total. The number of aromatic nitrogens is 1. The van der Waals surface area contributed by atoms with Crippen LogP contribution in [0.4, 0.5) is 5.13 Å². The van der Waals surface area contributed by atoms with E-state index in [1.807, 2.05) is 6.07 Å². The normalized spacial score (nSPS) is 11.6. The predicted molar refractivity (Wildman–Crippen MR) is 72.5 cm³/mol. The van der Waals surface area contributed by atoms with E-state index in [0.717, 1.165) is 16.0 Å². The summed E-state index contributed by atoms with van der Waals surface area (Å²) in [7, 11) is -1.77. The molecule has 92 valence electrons. The van der Waals surface area contributed by atoms with Gasteiger partial charge in [-0.15, -0.1) is 0 Å². The number of benzene rings is 1. The molecule has 0 atom stereocenters. The van der Waals surface area contributed by atoms with Crippen LogP contribution in [0.25, 0.3) is 10.2 Å². The number of nitrogens with one attached hydrogen (secondary N) is 1. The summed E-state index contributed by atoms with van der Waals surface area (Å²) in [5, 5.41) is 0.354. The number of halogens is 1. The lowest BCUT2D eigenvalue weighted by atomic mass is 10.3. The lowest BCUT2D eigenvalue weighted by Crippen LogP contribution is -2.12. The Labute approximate surface area is 111 Å². The SMILES string of the molecule is COc1ccc2nc(NS(=O)(=O)CBr)sc2c1. The highest BCUT2D eigenvalue weighted by Crippen LogP contribution is 2.29. The van der Waals surface area contributed by atoms with Gasteiger partial charge in [0.25, 0.3) is 0 Å². The molecule has 1 aromatic heterocycles. The molecule has 1 heterocycles. The fraction of sp³-hybridized carbons (Fsp3) is 0.222. The Morgan fingerprint density at radius 1 is 1.53 bits per heavy atom. The maximum atomic E-state index is 11.4. The number of fused-ring (bicyclic) bond motifs is 1. The van der Waals surface area contributed by atoms with Gasteiger partial charge in [0.15, 0.2) is 5.13 Å². The van der Waals surface area contributed by atoms with Crippen LogP contribution in [0.3, 0.4) is 0 Å². The number of alkyl halides is 1. The lowest BCUT2D eigenvalue weighted by Gasteiger charge is -1.98. The van der Waals surface area contributed by atoms with Gasteiger partial charge >= 0.3 is 0 Å². The number of hydrogen-bond donors (Lipinski definition) is 1. The number of sulfonamides is 1. The third-order valence-corrected chi connectivity index (χ3v) is 5.64. The molecule has 1 N–H and O–H groups in total. The van der Waals surface area contributed by atoms with Crippen LogP contribution in [-0.2, 0) is 10.0 Å². The zero-order valence-electron chi connectivity index (χ0n) is 8.81. The van der Waals surface area contributed by atoms with Gasteiger partial charge in [-0.05, 0) is 18.2 Å². The highest BCUT2D eigenvalue weighted by atomic mass is 79.9. The molecule has 1 aromatic carbocycles. The first-order valence-corrected chi connectivity index (χ1v) is 8.14. The van der Waals surface area contributed by atoms with Crippen molar-refractivity contribution in [3.05, 3.63) is 18.2 Å². The summed E-state index contributed by atoms with van der Waals surface area (Å²) in [5.41, 5.74) is 0.739. The summed E-state index contributed by atoms with van der Waals surface area (Å²) in [6, 6.07) is 5.39. The summed E-state index contributed by atoms with van der Waals surface area (Å²) in [6.07, 6.45) is 0. The van der Waals surface area contributed by atoms with Crippen molar-refractivity contribution in [1.29, 1.82) is 0 Å². The second-order valence-electron chi connectivity index (χ2n) is 3.18. The fourth-order valence-electron chi connectivity index (χ4n) is 1.24. The van der Waals surface area contributed by atoms with Gasteiger partial charge in [0.2, 0.25) is 10.0 Å². The van der Waals surface area contributed by atoms with Gasteiger partial charge in [0.05, 0.1) is 17.3 Å². The van der Waals surface area contributed by atoms with Crippen LogP contribution in [0.2, 0.25) is 0 Å². The van der Waals surface area contributed by atoms with Crippen molar-refractivity contribution in [1.82, 2.24) is 4.98 Å². The fourth-order valence-corrected chi connectivity index (χ4v) is 3.24. The Morgan fingerprint density at radius 2 is 2.29 bits per heavy atom. The van der Waals surface area contributed by atoms with E-state index < -0.39 is 10.0 Å². The van der Waals surface area contributed by atoms with Crippen LogP contribution in [0.1, 0.15) is 0 Å². The van der Waals surface area contributed by atoms with Gasteiger partial charge in [-0.2, -0.15) is 0 Å². The van der Waals surface area contributed by atoms with Gasteiger partial charge in [0, 0.05) is 0 Å². The first-order valence-electron chi connectivity index (χ1n) is 4.55. The zero-order chi connectivity index (χ0) is 12.5. The molecule has 17 heavy (non-hydrogen) atoms. The number of hydrogen-bond acceptors (Lipinski definition) is 5. The average Bonchev–Trinajstić information content (AvgIpc) is 2.68. The maximum absolute atomic E-state index is 11.4. The van der Waals surface area contributed by atoms with E-state index >= 15 is 0 Å². The molecule has 8 heteroatoms. The lowest BCUT2D eigenvalue weighted by molar-refractivity contribution is 0.415. The molecule has 0 saturated carbocycles. The van der Waals surface area contributed by atoms with Crippen LogP contribution in [0, 0.1) is 0 Å². The Bertz CT molecular complexity index is 639. The van der Waals surface area contributed by atoms with Gasteiger partial charge < -0.3 is 4.74 Å². The third kappa shape index (κ3) is 2.88. The number of methoxy groups -OCH3 is 1. The summed E-state index contributed by atoms with van der Waals surface area (Å²) in [5.74, 6) is 0.719. The number of nitrogens with zero attached hydrogens (tertiary/aromatic N) is 1. The smallest absolute Gasteiger partial charge is 0.244 e. The summed E-state index contributed by atoms with van der Waals surface area (Å²) < 4.78 is 30.9. The number of ether oxygens (including phenoxy) is 1. The molecule has 0 fully saturated rings. The monoisotopic (exact) mass is 336 g/mol. The van der Waals surface area contributed by atoms with E-state index in [1.54, 1.807) is 19.2 Å². The molecule has 0 saturated heterocycles. The second kappa shape index (κ2) is 4.79. The molecule has 0 radical (unpaired) electrons. The topological polar surface area (TPSA) is 68.3 Å². The van der Waals surface area contributed by atoms with Crippen LogP contribution in [-0.4, -0.2) is 25.2 Å². The molecule has 2 rings (SSSR count). The van der Waals surface area contributed by atoms with Crippen LogP contribution in [0.15, 0.2) is 18.2 Å². The molecule has 0 unspecified atom stereocenters. The van der Waals surface area contributed by atoms with Crippen LogP contribution >= 0.6 is 27.3 Å². The number of anilines is 1. The number of thiazole rings is 1. The van der Waals surface area contributed by atoms with Crippen molar-refractivity contribution in [3.8, 4) is 5.75 Å². The molecule has 0 aliphatic heterocycles. The van der Waals surface area contributed by atoms with E-state index in [9.17, 15) is 8.42 Å². The van der Waals surface area contributed by atoms with E-state index in [2.05, 4.69) is 25.6 Å². The molecular weight excluding hydrogens is 328 g/mol. The average molecular weight is 337 g/mol. The van der Waals surface area contributed by atoms with Crippen molar-refractivity contribution in [3.63, 3.8) is 0 Å². The largest absolute Gasteiger partial charge is 0.497 e. The summed E-state index contributed by atoms with van der Waals surface area (Å²) in [4.78, 5) is 4.17. The summed E-state index contributed by atoms with van der Waals surface area (Å²) >= 11 is 4.17. The minimum Gasteiger partial charge on any atom is -0.497 e. The molecular formula is C9H9BrN2O3S2. The predicted octanol–water partition coefficient (Wildman–Crippen LogP) is 2.40. The first-order chi connectivity index (χ1) is 8.04. The minimum atomic E-state index is -3.35. The summed E-state index contributed by atoms with van der Waals surface area (Å²) in [6.45, 7) is 0. The molecule has 0 aliphatic carbocycles. The van der Waals surface area contributed by atoms with E-state index in [4.69, 9.17) is 4.74 Å². The van der Waals surface area contributed by atoms with Gasteiger partial charge in [-0.3, -0.25) is 4.72 Å². The Balaban J connectivity index is 2.38. The van der Waals surface area contributed by atoms with Crippen LogP contribution < -0.4 is 9.46 Å². The standard InChI is InChI=1S/C9H9BrN2O3S2/c1-15-6-2-3-7-8(4-6)16-9(11-7)12-17(13,14)5-10/h2-4H,5H2,1H3,(H,11,12). The molecule has 0 amide bonds. The zero-order valence-corrected chi connectivity index (χ0v) is 12.0. The van der Waals surface area contributed by atoms with Crippen molar-refractivity contribution in [2.45, 2.75) is 0 Å². The molecule has 0 bridgehead atoms. The van der Waals surface area contributed by atoms with Gasteiger partial charge in [-0.25, -0.2) is 13.4 Å². The van der Waals surface area contributed by atoms with Crippen molar-refractivity contribution < 1.29 is 13.2 Å². The van der Waals surface area contributed by atoms with Crippen molar-refractivity contribution >= 4 is 52.6 Å². The highest BCUT2D eigenvalue weighted by molar-refractivity contribution is 9.10. The maximum Gasteiger partial charge on any atom is 0.244 e. The van der Waals surface area contributed by atoms with E-state index in [0.29, 0.717) is 5.13 Å². The molecule has 0 aliphatic rings. The quantitative estimate of drug-likeness (QED) is 0.870. The van der Waals surface area contributed by atoms with Gasteiger partial charge in [-0.1, -0.05) is 27.3 Å². The van der Waals surface area contributed by atoms with E-state index in [-0.39, 0.29) is 4.66 Å². The second-order valence-corrected chi connectivity index (χ2v) is 7.23. The first kappa shape index (κ1) is 12.6. The minimum absolute atomic E-state index is 0.154. The molecule has 0 spiro atoms. The Hall–Kier alpha value is -0.860. The van der Waals surface area contributed by atoms with Crippen molar-refractivity contribution in [2.75, 3.05) is 16.5 Å². The number of rotatable bonds is 4. The third-order valence-electron chi connectivity index (χ3n) is 1.98. The molecule has 2 aromatic rings. The van der Waals surface area contributed by atoms with E-state index in [1.165, 1.54) is 11.3 Å².